The van der Waals surface area contributed by atoms with Crippen molar-refractivity contribution in [3.63, 3.8) is 0 Å². The molecule has 0 fully saturated rings. The summed E-state index contributed by atoms with van der Waals surface area (Å²) in [5.74, 6) is 0. The first-order valence-electron chi connectivity index (χ1n) is 7.41. The third-order valence-electron chi connectivity index (χ3n) is 3.44. The molecule has 0 radical (unpaired) electrons. The second kappa shape index (κ2) is 8.16. The Kier molecular flexibility index (Phi) is 6.22. The van der Waals surface area contributed by atoms with Crippen molar-refractivity contribution >= 4 is 34.6 Å². The fourth-order valence-electron chi connectivity index (χ4n) is 2.21. The van der Waals surface area contributed by atoms with E-state index in [0.717, 1.165) is 35.7 Å². The normalized spacial score (nSPS) is 10.3. The molecule has 2 nitrogen and oxygen atoms in total. The monoisotopic (exact) mass is 332 g/mol. The van der Waals surface area contributed by atoms with Gasteiger partial charge in [0.25, 0.3) is 0 Å². The van der Waals surface area contributed by atoms with E-state index in [2.05, 4.69) is 41.8 Å². The molecule has 2 aromatic rings. The fraction of sp³-hybridized carbons (Fsp3) is 0.278. The second-order valence-corrected chi connectivity index (χ2v) is 6.25. The number of benzene rings is 2. The molecule has 0 amide bonds. The molecule has 4 heteroatoms. The van der Waals surface area contributed by atoms with Gasteiger partial charge in [-0.25, -0.2) is 0 Å². The van der Waals surface area contributed by atoms with Crippen LogP contribution in [0.3, 0.4) is 0 Å². The summed E-state index contributed by atoms with van der Waals surface area (Å²) in [6.45, 7) is 4.95. The number of hydrogen-bond donors (Lipinski definition) is 2. The highest BCUT2D eigenvalue weighted by Gasteiger charge is 2.01. The highest BCUT2D eigenvalue weighted by molar-refractivity contribution is 7.80. The van der Waals surface area contributed by atoms with Gasteiger partial charge < -0.3 is 10.6 Å². The Labute approximate surface area is 142 Å². The highest BCUT2D eigenvalue weighted by Crippen LogP contribution is 2.19. The zero-order valence-corrected chi connectivity index (χ0v) is 14.5. The highest BCUT2D eigenvalue weighted by atomic mass is 35.5. The predicted molar refractivity (Wildman–Crippen MR) is 99.9 cm³/mol. The van der Waals surface area contributed by atoms with Crippen LogP contribution in [0.1, 0.15) is 23.1 Å². The van der Waals surface area contributed by atoms with Gasteiger partial charge in [-0.1, -0.05) is 47.5 Å². The van der Waals surface area contributed by atoms with Crippen molar-refractivity contribution in [1.29, 1.82) is 0 Å². The first-order chi connectivity index (χ1) is 10.5. The summed E-state index contributed by atoms with van der Waals surface area (Å²) < 4.78 is 0. The zero-order chi connectivity index (χ0) is 15.9. The molecule has 0 atom stereocenters. The van der Waals surface area contributed by atoms with Crippen LogP contribution in [0.2, 0.25) is 5.02 Å². The maximum atomic E-state index is 6.10. The van der Waals surface area contributed by atoms with Gasteiger partial charge in [-0.05, 0) is 62.2 Å². The van der Waals surface area contributed by atoms with Crippen molar-refractivity contribution in [2.45, 2.75) is 26.7 Å². The summed E-state index contributed by atoms with van der Waals surface area (Å²) in [4.78, 5) is 0. The minimum Gasteiger partial charge on any atom is -0.362 e. The van der Waals surface area contributed by atoms with Gasteiger partial charge in [-0.15, -0.1) is 0 Å². The minimum absolute atomic E-state index is 0.629. The van der Waals surface area contributed by atoms with E-state index in [1.807, 2.05) is 25.1 Å². The Morgan fingerprint density at radius 1 is 1.14 bits per heavy atom. The lowest BCUT2D eigenvalue weighted by Crippen LogP contribution is -2.29. The van der Waals surface area contributed by atoms with Crippen LogP contribution in [-0.2, 0) is 6.42 Å². The van der Waals surface area contributed by atoms with E-state index in [4.69, 9.17) is 23.8 Å². The van der Waals surface area contributed by atoms with E-state index in [-0.39, 0.29) is 0 Å². The number of hydrogen-bond acceptors (Lipinski definition) is 1. The molecule has 0 aromatic heterocycles. The first-order valence-corrected chi connectivity index (χ1v) is 8.20. The molecule has 116 valence electrons. The van der Waals surface area contributed by atoms with Crippen LogP contribution in [0.4, 0.5) is 5.69 Å². The lowest BCUT2D eigenvalue weighted by atomic mass is 10.1. The number of aryl methyl sites for hydroxylation is 3. The number of thiocarbonyl (C=S) groups is 1. The molecule has 0 saturated carbocycles. The molecule has 0 heterocycles. The molecular formula is C18H21ClN2S. The Bertz CT molecular complexity index is 655. The quantitative estimate of drug-likeness (QED) is 0.603. The van der Waals surface area contributed by atoms with Crippen LogP contribution >= 0.6 is 23.8 Å². The smallest absolute Gasteiger partial charge is 0.170 e. The Morgan fingerprint density at radius 3 is 2.68 bits per heavy atom. The standard InChI is InChI=1S/C18H21ClN2S/c1-13-5-3-6-15(11-13)7-4-10-20-18(22)21-16-9-8-14(2)17(19)12-16/h3,5-6,8-9,11-12H,4,7,10H2,1-2H3,(H2,20,21,22). The molecule has 0 aliphatic heterocycles. The molecule has 0 saturated heterocycles. The van der Waals surface area contributed by atoms with Gasteiger partial charge in [-0.2, -0.15) is 0 Å². The van der Waals surface area contributed by atoms with Crippen molar-refractivity contribution < 1.29 is 0 Å². The predicted octanol–water partition coefficient (Wildman–Crippen LogP) is 4.88. The summed E-state index contributed by atoms with van der Waals surface area (Å²) in [5, 5.41) is 7.75. The molecular weight excluding hydrogens is 312 g/mol. The summed E-state index contributed by atoms with van der Waals surface area (Å²) >= 11 is 11.4. The average Bonchev–Trinajstić information content (AvgIpc) is 2.48. The average molecular weight is 333 g/mol. The van der Waals surface area contributed by atoms with E-state index in [1.54, 1.807) is 0 Å². The molecule has 0 aliphatic carbocycles. The molecule has 22 heavy (non-hydrogen) atoms. The SMILES string of the molecule is Cc1cccc(CCCNC(=S)Nc2ccc(C)c(Cl)c2)c1. The molecule has 2 rings (SSSR count). The Morgan fingerprint density at radius 2 is 1.95 bits per heavy atom. The van der Waals surface area contributed by atoms with Gasteiger partial charge in [0.2, 0.25) is 0 Å². The van der Waals surface area contributed by atoms with E-state index >= 15 is 0 Å². The molecule has 0 aliphatic rings. The molecule has 0 bridgehead atoms. The van der Waals surface area contributed by atoms with Gasteiger partial charge in [0.1, 0.15) is 0 Å². The zero-order valence-electron chi connectivity index (χ0n) is 12.9. The summed E-state index contributed by atoms with van der Waals surface area (Å²) in [6.07, 6.45) is 2.09. The third kappa shape index (κ3) is 5.32. The summed E-state index contributed by atoms with van der Waals surface area (Å²) in [7, 11) is 0. The van der Waals surface area contributed by atoms with Crippen LogP contribution in [-0.4, -0.2) is 11.7 Å². The van der Waals surface area contributed by atoms with E-state index in [1.165, 1.54) is 11.1 Å². The second-order valence-electron chi connectivity index (χ2n) is 5.44. The van der Waals surface area contributed by atoms with Crippen LogP contribution < -0.4 is 10.6 Å². The van der Waals surface area contributed by atoms with Gasteiger partial charge in [0.05, 0.1) is 0 Å². The number of anilines is 1. The van der Waals surface area contributed by atoms with Crippen molar-refractivity contribution in [3.8, 4) is 0 Å². The Balaban J connectivity index is 1.72. The van der Waals surface area contributed by atoms with Gasteiger partial charge >= 0.3 is 0 Å². The molecule has 0 spiro atoms. The van der Waals surface area contributed by atoms with E-state index in [9.17, 15) is 0 Å². The van der Waals surface area contributed by atoms with Crippen LogP contribution in [0.5, 0.6) is 0 Å². The Hall–Kier alpha value is -1.58. The number of nitrogens with one attached hydrogen (secondary N) is 2. The number of halogens is 1. The van der Waals surface area contributed by atoms with Crippen LogP contribution in [0, 0.1) is 13.8 Å². The van der Waals surface area contributed by atoms with Crippen molar-refractivity contribution in [1.82, 2.24) is 5.32 Å². The van der Waals surface area contributed by atoms with Crippen molar-refractivity contribution in [2.24, 2.45) is 0 Å². The summed E-state index contributed by atoms with van der Waals surface area (Å²) in [6, 6.07) is 14.5. The topological polar surface area (TPSA) is 24.1 Å². The molecule has 0 unspecified atom stereocenters. The molecule has 2 N–H and O–H groups in total. The van der Waals surface area contributed by atoms with Crippen molar-refractivity contribution in [2.75, 3.05) is 11.9 Å². The van der Waals surface area contributed by atoms with Gasteiger partial charge in [-0.3, -0.25) is 0 Å². The number of rotatable bonds is 5. The maximum Gasteiger partial charge on any atom is 0.170 e. The lowest BCUT2D eigenvalue weighted by molar-refractivity contribution is 0.777. The van der Waals surface area contributed by atoms with Crippen LogP contribution in [0.15, 0.2) is 42.5 Å². The summed E-state index contributed by atoms with van der Waals surface area (Å²) in [5.41, 5.74) is 4.64. The van der Waals surface area contributed by atoms with E-state index < -0.39 is 0 Å². The van der Waals surface area contributed by atoms with Gasteiger partial charge in [0, 0.05) is 17.3 Å². The first kappa shape index (κ1) is 16.8. The maximum absolute atomic E-state index is 6.10. The van der Waals surface area contributed by atoms with E-state index in [0.29, 0.717) is 5.11 Å². The third-order valence-corrected chi connectivity index (χ3v) is 4.09. The van der Waals surface area contributed by atoms with Crippen LogP contribution in [0.25, 0.3) is 0 Å². The lowest BCUT2D eigenvalue weighted by Gasteiger charge is -2.11. The minimum atomic E-state index is 0.629. The van der Waals surface area contributed by atoms with Gasteiger partial charge in [0.15, 0.2) is 5.11 Å². The van der Waals surface area contributed by atoms with Crippen molar-refractivity contribution in [3.05, 3.63) is 64.2 Å². The largest absolute Gasteiger partial charge is 0.362 e. The molecule has 2 aromatic carbocycles. The fourth-order valence-corrected chi connectivity index (χ4v) is 2.61.